The minimum atomic E-state index is -0.313. The monoisotopic (exact) mass is 382 g/mol. The molecule has 0 saturated carbocycles. The smallest absolute Gasteiger partial charge is 0.339 e. The molecule has 0 spiro atoms. The summed E-state index contributed by atoms with van der Waals surface area (Å²) in [5.41, 5.74) is 3.39. The van der Waals surface area contributed by atoms with Gasteiger partial charge >= 0.3 is 5.97 Å². The SMILES string of the molecule is CCOC(=O)c1cc(-c2ccccc2)n(CCC(=O)N2CCC[C@@H](C)C2)c1C. The molecule has 0 N–H and O–H groups in total. The molecule has 1 aromatic carbocycles. The minimum absolute atomic E-state index is 0.191. The van der Waals surface area contributed by atoms with Crippen molar-refractivity contribution in [2.75, 3.05) is 19.7 Å². The van der Waals surface area contributed by atoms with Crippen LogP contribution in [0.2, 0.25) is 0 Å². The lowest BCUT2D eigenvalue weighted by molar-refractivity contribution is -0.133. The van der Waals surface area contributed by atoms with E-state index in [0.717, 1.165) is 36.5 Å². The topological polar surface area (TPSA) is 51.5 Å². The number of esters is 1. The van der Waals surface area contributed by atoms with Crippen molar-refractivity contribution in [2.24, 2.45) is 5.92 Å². The Labute approximate surface area is 167 Å². The maximum absolute atomic E-state index is 12.7. The van der Waals surface area contributed by atoms with Crippen LogP contribution in [0.5, 0.6) is 0 Å². The van der Waals surface area contributed by atoms with Crippen LogP contribution in [0.4, 0.5) is 0 Å². The quantitative estimate of drug-likeness (QED) is 0.701. The molecular weight excluding hydrogens is 352 g/mol. The fraction of sp³-hybridized carbons (Fsp3) is 0.478. The number of benzene rings is 1. The largest absolute Gasteiger partial charge is 0.462 e. The normalized spacial score (nSPS) is 16.8. The Hall–Kier alpha value is -2.56. The maximum atomic E-state index is 12.7. The molecule has 1 aliphatic rings. The van der Waals surface area contributed by atoms with Crippen LogP contribution in [0.25, 0.3) is 11.3 Å². The number of carbonyl (C=O) groups is 2. The summed E-state index contributed by atoms with van der Waals surface area (Å²) in [6.07, 6.45) is 2.71. The molecule has 1 atom stereocenters. The maximum Gasteiger partial charge on any atom is 0.339 e. The molecule has 5 nitrogen and oxygen atoms in total. The number of piperidine rings is 1. The Morgan fingerprint density at radius 1 is 1.21 bits per heavy atom. The third-order valence-corrected chi connectivity index (χ3v) is 5.49. The second-order valence-corrected chi connectivity index (χ2v) is 7.60. The third kappa shape index (κ3) is 4.46. The van der Waals surface area contributed by atoms with Crippen LogP contribution >= 0.6 is 0 Å². The van der Waals surface area contributed by atoms with Crippen molar-refractivity contribution in [1.82, 2.24) is 9.47 Å². The molecule has 2 aromatic rings. The van der Waals surface area contributed by atoms with E-state index >= 15 is 0 Å². The highest BCUT2D eigenvalue weighted by molar-refractivity contribution is 5.92. The summed E-state index contributed by atoms with van der Waals surface area (Å²) in [5, 5.41) is 0. The van der Waals surface area contributed by atoms with E-state index in [1.165, 1.54) is 6.42 Å². The zero-order valence-corrected chi connectivity index (χ0v) is 17.1. The molecule has 5 heteroatoms. The Balaban J connectivity index is 1.84. The van der Waals surface area contributed by atoms with E-state index in [2.05, 4.69) is 11.5 Å². The molecule has 3 rings (SSSR count). The highest BCUT2D eigenvalue weighted by atomic mass is 16.5. The summed E-state index contributed by atoms with van der Waals surface area (Å²) >= 11 is 0. The summed E-state index contributed by atoms with van der Waals surface area (Å²) in [6, 6.07) is 11.9. The van der Waals surface area contributed by atoms with Crippen LogP contribution in [0.15, 0.2) is 36.4 Å². The van der Waals surface area contributed by atoms with Crippen molar-refractivity contribution in [3.8, 4) is 11.3 Å². The summed E-state index contributed by atoms with van der Waals surface area (Å²) in [5.74, 6) is 0.449. The second-order valence-electron chi connectivity index (χ2n) is 7.60. The van der Waals surface area contributed by atoms with Crippen molar-refractivity contribution >= 4 is 11.9 Å². The first-order valence-electron chi connectivity index (χ1n) is 10.2. The Morgan fingerprint density at radius 2 is 1.96 bits per heavy atom. The average molecular weight is 383 g/mol. The van der Waals surface area contributed by atoms with Gasteiger partial charge in [0.15, 0.2) is 0 Å². The third-order valence-electron chi connectivity index (χ3n) is 5.49. The zero-order chi connectivity index (χ0) is 20.1. The molecule has 1 aliphatic heterocycles. The van der Waals surface area contributed by atoms with Crippen molar-refractivity contribution in [3.05, 3.63) is 47.7 Å². The number of aromatic nitrogens is 1. The Morgan fingerprint density at radius 3 is 2.64 bits per heavy atom. The van der Waals surface area contributed by atoms with E-state index in [1.54, 1.807) is 6.92 Å². The van der Waals surface area contributed by atoms with Crippen LogP contribution in [0.1, 0.15) is 49.2 Å². The van der Waals surface area contributed by atoms with Crippen molar-refractivity contribution in [1.29, 1.82) is 0 Å². The molecule has 1 amide bonds. The van der Waals surface area contributed by atoms with Crippen LogP contribution in [-0.4, -0.2) is 41.0 Å². The zero-order valence-electron chi connectivity index (χ0n) is 17.1. The van der Waals surface area contributed by atoms with E-state index in [4.69, 9.17) is 4.74 Å². The summed E-state index contributed by atoms with van der Waals surface area (Å²) in [7, 11) is 0. The Kier molecular flexibility index (Phi) is 6.55. The molecule has 0 aliphatic carbocycles. The van der Waals surface area contributed by atoms with E-state index in [0.29, 0.717) is 31.1 Å². The number of rotatable bonds is 6. The van der Waals surface area contributed by atoms with Gasteiger partial charge in [0.25, 0.3) is 0 Å². The lowest BCUT2D eigenvalue weighted by atomic mass is 10.00. The van der Waals surface area contributed by atoms with E-state index in [9.17, 15) is 9.59 Å². The van der Waals surface area contributed by atoms with Gasteiger partial charge in [-0.2, -0.15) is 0 Å². The fourth-order valence-corrected chi connectivity index (χ4v) is 3.98. The van der Waals surface area contributed by atoms with Gasteiger partial charge in [-0.15, -0.1) is 0 Å². The van der Waals surface area contributed by atoms with Gasteiger partial charge in [0.2, 0.25) is 5.91 Å². The van der Waals surface area contributed by atoms with Crippen molar-refractivity contribution in [3.63, 3.8) is 0 Å². The standard InChI is InChI=1S/C23H30N2O3/c1-4-28-23(27)20-15-21(19-10-6-5-7-11-19)25(18(20)3)14-12-22(26)24-13-8-9-17(2)16-24/h5-7,10-11,15,17H,4,8-9,12-14,16H2,1-3H3/t17-/m1/s1. The number of ether oxygens (including phenoxy) is 1. The van der Waals surface area contributed by atoms with Gasteiger partial charge in [-0.25, -0.2) is 4.79 Å². The number of nitrogens with zero attached hydrogens (tertiary/aromatic N) is 2. The minimum Gasteiger partial charge on any atom is -0.462 e. The first kappa shape index (κ1) is 20.2. The van der Waals surface area contributed by atoms with Crippen LogP contribution < -0.4 is 0 Å². The predicted octanol–water partition coefficient (Wildman–Crippen LogP) is 4.29. The summed E-state index contributed by atoms with van der Waals surface area (Å²) in [6.45, 7) is 8.53. The molecular formula is C23H30N2O3. The molecule has 1 fully saturated rings. The average Bonchev–Trinajstić information content (AvgIpc) is 3.03. The lowest BCUT2D eigenvalue weighted by Crippen LogP contribution is -2.39. The molecule has 1 aromatic heterocycles. The van der Waals surface area contributed by atoms with Crippen molar-refractivity contribution in [2.45, 2.75) is 46.6 Å². The number of amides is 1. The van der Waals surface area contributed by atoms with Gasteiger partial charge in [0.05, 0.1) is 12.2 Å². The van der Waals surface area contributed by atoms with Gasteiger partial charge < -0.3 is 14.2 Å². The van der Waals surface area contributed by atoms with Gasteiger partial charge in [-0.05, 0) is 44.2 Å². The van der Waals surface area contributed by atoms with Crippen LogP contribution in [-0.2, 0) is 16.1 Å². The molecule has 28 heavy (non-hydrogen) atoms. The van der Waals surface area contributed by atoms with E-state index in [1.807, 2.05) is 48.2 Å². The number of carbonyl (C=O) groups excluding carboxylic acids is 2. The number of likely N-dealkylation sites (tertiary alicyclic amines) is 1. The van der Waals surface area contributed by atoms with Gasteiger partial charge in [0.1, 0.15) is 0 Å². The number of hydrogen-bond acceptors (Lipinski definition) is 3. The molecule has 0 bridgehead atoms. The molecule has 1 saturated heterocycles. The van der Waals surface area contributed by atoms with Gasteiger partial charge in [0, 0.05) is 37.4 Å². The molecule has 2 heterocycles. The van der Waals surface area contributed by atoms with E-state index in [-0.39, 0.29) is 11.9 Å². The van der Waals surface area contributed by atoms with Crippen LogP contribution in [0.3, 0.4) is 0 Å². The highest BCUT2D eigenvalue weighted by Gasteiger charge is 2.23. The highest BCUT2D eigenvalue weighted by Crippen LogP contribution is 2.27. The first-order valence-corrected chi connectivity index (χ1v) is 10.2. The van der Waals surface area contributed by atoms with Gasteiger partial charge in [-0.1, -0.05) is 37.3 Å². The molecule has 0 radical (unpaired) electrons. The van der Waals surface area contributed by atoms with Crippen molar-refractivity contribution < 1.29 is 14.3 Å². The molecule has 150 valence electrons. The summed E-state index contributed by atoms with van der Waals surface area (Å²) < 4.78 is 7.29. The first-order chi connectivity index (χ1) is 13.5. The summed E-state index contributed by atoms with van der Waals surface area (Å²) in [4.78, 5) is 27.1. The number of hydrogen-bond donors (Lipinski definition) is 0. The Bertz CT molecular complexity index is 826. The fourth-order valence-electron chi connectivity index (χ4n) is 3.98. The molecule has 0 unspecified atom stereocenters. The predicted molar refractivity (Wildman–Crippen MR) is 110 cm³/mol. The lowest BCUT2D eigenvalue weighted by Gasteiger charge is -2.31. The van der Waals surface area contributed by atoms with Gasteiger partial charge in [-0.3, -0.25) is 4.79 Å². The van der Waals surface area contributed by atoms with E-state index < -0.39 is 0 Å². The second kappa shape index (κ2) is 9.09. The van der Waals surface area contributed by atoms with Crippen LogP contribution in [0, 0.1) is 12.8 Å².